The van der Waals surface area contributed by atoms with Crippen LogP contribution in [0.15, 0.2) is 36.8 Å². The van der Waals surface area contributed by atoms with E-state index >= 15 is 0 Å². The Morgan fingerprint density at radius 2 is 1.75 bits per heavy atom. The maximum atomic E-state index is 6.30. The first-order valence-electron chi connectivity index (χ1n) is 7.37. The molecule has 108 valence electrons. The summed E-state index contributed by atoms with van der Waals surface area (Å²) in [6.45, 7) is 8.79. The van der Waals surface area contributed by atoms with Gasteiger partial charge in [-0.1, -0.05) is 39.8 Å². The fourth-order valence-corrected chi connectivity index (χ4v) is 2.44. The van der Waals surface area contributed by atoms with Crippen molar-refractivity contribution in [3.63, 3.8) is 0 Å². The molecule has 1 unspecified atom stereocenters. The second-order valence-corrected chi connectivity index (χ2v) is 6.17. The molecule has 2 N–H and O–H groups in total. The van der Waals surface area contributed by atoms with Gasteiger partial charge in [0.1, 0.15) is 0 Å². The Morgan fingerprint density at radius 3 is 2.30 bits per heavy atom. The van der Waals surface area contributed by atoms with E-state index in [1.54, 1.807) is 0 Å². The van der Waals surface area contributed by atoms with E-state index < -0.39 is 0 Å². The number of nitrogens with two attached hydrogens (primary N) is 1. The summed E-state index contributed by atoms with van der Waals surface area (Å²) in [7, 11) is 0. The number of rotatable bonds is 5. The van der Waals surface area contributed by atoms with Crippen LogP contribution in [0.1, 0.15) is 57.3 Å². The fraction of sp³-hybridized carbons (Fsp3) is 0.471. The van der Waals surface area contributed by atoms with Crippen molar-refractivity contribution in [3.05, 3.63) is 48.0 Å². The molecule has 0 aliphatic rings. The molecule has 2 rings (SSSR count). The minimum atomic E-state index is 0.0299. The molecular weight excluding hydrogens is 246 g/mol. The maximum absolute atomic E-state index is 6.30. The second kappa shape index (κ2) is 6.23. The van der Waals surface area contributed by atoms with Crippen LogP contribution in [0.5, 0.6) is 0 Å². The lowest BCUT2D eigenvalue weighted by Gasteiger charge is -2.17. The van der Waals surface area contributed by atoms with Crippen molar-refractivity contribution < 1.29 is 0 Å². The van der Waals surface area contributed by atoms with E-state index in [4.69, 9.17) is 5.73 Å². The van der Waals surface area contributed by atoms with Crippen molar-refractivity contribution in [1.82, 2.24) is 9.55 Å². The molecule has 0 bridgehead atoms. The Morgan fingerprint density at radius 1 is 1.10 bits per heavy atom. The van der Waals surface area contributed by atoms with Crippen LogP contribution in [-0.4, -0.2) is 9.55 Å². The maximum Gasteiger partial charge on any atom is 0.0994 e. The Bertz CT molecular complexity index is 538. The number of hydrogen-bond donors (Lipinski definition) is 1. The molecule has 0 aliphatic heterocycles. The highest BCUT2D eigenvalue weighted by molar-refractivity contribution is 5.37. The molecular formula is C17H25N3. The van der Waals surface area contributed by atoms with Crippen LogP contribution in [0.25, 0.3) is 5.69 Å². The zero-order chi connectivity index (χ0) is 14.7. The smallest absolute Gasteiger partial charge is 0.0994 e. The normalized spacial score (nSPS) is 13.2. The van der Waals surface area contributed by atoms with Gasteiger partial charge in [0, 0.05) is 11.7 Å². The van der Waals surface area contributed by atoms with E-state index in [9.17, 15) is 0 Å². The highest BCUT2D eigenvalue weighted by atomic mass is 15.1. The topological polar surface area (TPSA) is 43.8 Å². The molecule has 1 heterocycles. The highest BCUT2D eigenvalue weighted by Gasteiger charge is 2.14. The molecule has 0 aliphatic carbocycles. The van der Waals surface area contributed by atoms with Gasteiger partial charge in [-0.3, -0.25) is 0 Å². The fourth-order valence-electron chi connectivity index (χ4n) is 2.44. The lowest BCUT2D eigenvalue weighted by molar-refractivity contribution is 0.498. The van der Waals surface area contributed by atoms with E-state index in [0.29, 0.717) is 11.8 Å². The van der Waals surface area contributed by atoms with Crippen molar-refractivity contribution in [1.29, 1.82) is 0 Å². The van der Waals surface area contributed by atoms with Gasteiger partial charge in [-0.15, -0.1) is 0 Å². The largest absolute Gasteiger partial charge is 0.323 e. The quantitative estimate of drug-likeness (QED) is 0.891. The zero-order valence-electron chi connectivity index (χ0n) is 12.9. The van der Waals surface area contributed by atoms with Crippen molar-refractivity contribution in [2.45, 2.75) is 46.1 Å². The SMILES string of the molecule is CC(C)CC(N)c1cncn1-c1ccc(C(C)C)cc1. The van der Waals surface area contributed by atoms with Crippen LogP contribution in [0.4, 0.5) is 0 Å². The average molecular weight is 271 g/mol. The van der Waals surface area contributed by atoms with Crippen molar-refractivity contribution in [2.24, 2.45) is 11.7 Å². The molecule has 0 amide bonds. The molecule has 1 aromatic heterocycles. The summed E-state index contributed by atoms with van der Waals surface area (Å²) in [4.78, 5) is 4.27. The summed E-state index contributed by atoms with van der Waals surface area (Å²) >= 11 is 0. The van der Waals surface area contributed by atoms with Crippen LogP contribution in [0.3, 0.4) is 0 Å². The number of benzene rings is 1. The van der Waals surface area contributed by atoms with Crippen LogP contribution < -0.4 is 5.73 Å². The summed E-state index contributed by atoms with van der Waals surface area (Å²) in [6, 6.07) is 8.67. The van der Waals surface area contributed by atoms with Crippen molar-refractivity contribution in [3.8, 4) is 5.69 Å². The summed E-state index contributed by atoms with van der Waals surface area (Å²) in [5.41, 5.74) is 9.85. The molecule has 1 aromatic carbocycles. The second-order valence-electron chi connectivity index (χ2n) is 6.17. The summed E-state index contributed by atoms with van der Waals surface area (Å²) in [5.74, 6) is 1.13. The summed E-state index contributed by atoms with van der Waals surface area (Å²) < 4.78 is 2.09. The molecule has 2 aromatic rings. The predicted molar refractivity (Wildman–Crippen MR) is 84.0 cm³/mol. The molecule has 3 nitrogen and oxygen atoms in total. The monoisotopic (exact) mass is 271 g/mol. The van der Waals surface area contributed by atoms with E-state index in [-0.39, 0.29) is 6.04 Å². The first-order chi connectivity index (χ1) is 9.49. The number of hydrogen-bond acceptors (Lipinski definition) is 2. The Hall–Kier alpha value is -1.61. The Labute approximate surface area is 121 Å². The van der Waals surface area contributed by atoms with E-state index in [2.05, 4.69) is 61.5 Å². The highest BCUT2D eigenvalue weighted by Crippen LogP contribution is 2.23. The first-order valence-corrected chi connectivity index (χ1v) is 7.37. The predicted octanol–water partition coefficient (Wildman–Crippen LogP) is 4.04. The summed E-state index contributed by atoms with van der Waals surface area (Å²) in [6.07, 6.45) is 4.69. The van der Waals surface area contributed by atoms with Crippen molar-refractivity contribution in [2.75, 3.05) is 0 Å². The molecule has 1 atom stereocenters. The van der Waals surface area contributed by atoms with Crippen molar-refractivity contribution >= 4 is 0 Å². The zero-order valence-corrected chi connectivity index (χ0v) is 12.9. The van der Waals surface area contributed by atoms with Gasteiger partial charge in [0.05, 0.1) is 18.2 Å². The lowest BCUT2D eigenvalue weighted by Crippen LogP contribution is -2.16. The first kappa shape index (κ1) is 14.8. The molecule has 0 saturated carbocycles. The Kier molecular flexibility index (Phi) is 4.61. The number of nitrogens with zero attached hydrogens (tertiary/aromatic N) is 2. The third kappa shape index (κ3) is 3.28. The molecule has 0 spiro atoms. The van der Waals surface area contributed by atoms with Crippen LogP contribution in [-0.2, 0) is 0 Å². The van der Waals surface area contributed by atoms with Crippen LogP contribution in [0, 0.1) is 5.92 Å². The minimum Gasteiger partial charge on any atom is -0.323 e. The molecule has 3 heteroatoms. The molecule has 0 saturated heterocycles. The average Bonchev–Trinajstić information content (AvgIpc) is 2.87. The molecule has 0 fully saturated rings. The number of imidazole rings is 1. The standard InChI is InChI=1S/C17H25N3/c1-12(2)9-16(18)17-10-19-11-20(17)15-7-5-14(6-8-15)13(3)4/h5-8,10-13,16H,9,18H2,1-4H3. The van der Waals surface area contributed by atoms with Gasteiger partial charge in [0.15, 0.2) is 0 Å². The van der Waals surface area contributed by atoms with Gasteiger partial charge in [-0.05, 0) is 36.0 Å². The van der Waals surface area contributed by atoms with Gasteiger partial charge in [-0.2, -0.15) is 0 Å². The third-order valence-corrected chi connectivity index (χ3v) is 3.61. The van der Waals surface area contributed by atoms with E-state index in [1.807, 2.05) is 12.5 Å². The van der Waals surface area contributed by atoms with Gasteiger partial charge in [0.25, 0.3) is 0 Å². The third-order valence-electron chi connectivity index (χ3n) is 3.61. The lowest BCUT2D eigenvalue weighted by atomic mass is 10.0. The van der Waals surface area contributed by atoms with Gasteiger partial charge >= 0.3 is 0 Å². The Balaban J connectivity index is 2.27. The van der Waals surface area contributed by atoms with Gasteiger partial charge in [-0.25, -0.2) is 4.98 Å². The van der Waals surface area contributed by atoms with Gasteiger partial charge < -0.3 is 10.3 Å². The van der Waals surface area contributed by atoms with E-state index in [0.717, 1.165) is 17.8 Å². The molecule has 0 radical (unpaired) electrons. The summed E-state index contributed by atoms with van der Waals surface area (Å²) in [5, 5.41) is 0. The number of aromatic nitrogens is 2. The molecule has 20 heavy (non-hydrogen) atoms. The van der Waals surface area contributed by atoms with Crippen LogP contribution in [0.2, 0.25) is 0 Å². The minimum absolute atomic E-state index is 0.0299. The van der Waals surface area contributed by atoms with E-state index in [1.165, 1.54) is 5.56 Å². The van der Waals surface area contributed by atoms with Crippen LogP contribution >= 0.6 is 0 Å². The van der Waals surface area contributed by atoms with Gasteiger partial charge in [0.2, 0.25) is 0 Å².